The van der Waals surface area contributed by atoms with Gasteiger partial charge in [-0.15, -0.1) is 11.3 Å². The fourth-order valence-electron chi connectivity index (χ4n) is 4.63. The van der Waals surface area contributed by atoms with E-state index in [-0.39, 0.29) is 23.5 Å². The summed E-state index contributed by atoms with van der Waals surface area (Å²) in [5, 5.41) is 7.24. The summed E-state index contributed by atoms with van der Waals surface area (Å²) in [6.45, 7) is 2.85. The molecular formula is C25H25N3O2S. The first-order valence-corrected chi connectivity index (χ1v) is 11.6. The van der Waals surface area contributed by atoms with Gasteiger partial charge >= 0.3 is 0 Å². The number of nitrogens with zero attached hydrogens (tertiary/aromatic N) is 3. The lowest BCUT2D eigenvalue weighted by Crippen LogP contribution is -2.33. The number of hydrogen-bond acceptors (Lipinski definition) is 6. The van der Waals surface area contributed by atoms with E-state index in [9.17, 15) is 4.79 Å². The number of Topliss-reactive ketones (excluding diaryl/α,β-unsaturated/α-hetero) is 1. The molecule has 6 heteroatoms. The minimum absolute atomic E-state index is 0.00928. The van der Waals surface area contributed by atoms with Gasteiger partial charge in [0.05, 0.1) is 5.01 Å². The second-order valence-electron chi connectivity index (χ2n) is 8.29. The quantitative estimate of drug-likeness (QED) is 0.563. The third-order valence-electron chi connectivity index (χ3n) is 6.15. The van der Waals surface area contributed by atoms with Crippen molar-refractivity contribution in [2.75, 3.05) is 19.7 Å². The zero-order chi connectivity index (χ0) is 21.0. The van der Waals surface area contributed by atoms with Crippen LogP contribution in [0.3, 0.4) is 0 Å². The van der Waals surface area contributed by atoms with E-state index in [4.69, 9.17) is 4.84 Å². The Morgan fingerprint density at radius 1 is 1.03 bits per heavy atom. The molecule has 0 N–H and O–H groups in total. The first kappa shape index (κ1) is 20.1. The number of ketones is 1. The highest BCUT2D eigenvalue weighted by Crippen LogP contribution is 2.36. The molecule has 0 aliphatic carbocycles. The number of carbonyl (C=O) groups excluding carboxylic acids is 1. The Labute approximate surface area is 186 Å². The normalized spacial score (nSPS) is 23.5. The monoisotopic (exact) mass is 431 g/mol. The molecule has 5 nitrogen and oxygen atoms in total. The Balaban J connectivity index is 1.35. The highest BCUT2D eigenvalue weighted by Gasteiger charge is 2.43. The van der Waals surface area contributed by atoms with Crippen LogP contribution in [-0.2, 0) is 22.6 Å². The molecule has 0 radical (unpaired) electrons. The van der Waals surface area contributed by atoms with E-state index in [0.717, 1.165) is 31.1 Å². The highest BCUT2D eigenvalue weighted by atomic mass is 32.1. The lowest BCUT2D eigenvalue weighted by Gasteiger charge is -2.17. The molecule has 1 saturated heterocycles. The van der Waals surface area contributed by atoms with Gasteiger partial charge in [-0.05, 0) is 17.5 Å². The van der Waals surface area contributed by atoms with Gasteiger partial charge in [0.15, 0.2) is 5.78 Å². The lowest BCUT2D eigenvalue weighted by molar-refractivity contribution is -0.116. The van der Waals surface area contributed by atoms with Crippen LogP contribution in [0.5, 0.6) is 0 Å². The van der Waals surface area contributed by atoms with Crippen LogP contribution in [0, 0.1) is 11.8 Å². The molecule has 2 aromatic carbocycles. The standard InChI is InChI=1S/C25H25N3O2S/c29-24(23-20(17-30-27-23)13-18-7-3-1-4-8-18)21-15-28(14-19-9-5-2-6-10-19)16-22(21)25-26-11-12-31-25/h1-12,20-22H,13-17H2/t20-,21+,22+/m0/s1. The zero-order valence-corrected chi connectivity index (χ0v) is 18.1. The molecule has 31 heavy (non-hydrogen) atoms. The Hall–Kier alpha value is -2.83. The number of rotatable bonds is 7. The predicted octanol–water partition coefficient (Wildman–Crippen LogP) is 4.17. The number of thiazole rings is 1. The maximum absolute atomic E-state index is 13.7. The van der Waals surface area contributed by atoms with Gasteiger partial charge in [0.2, 0.25) is 0 Å². The Kier molecular flexibility index (Phi) is 5.91. The van der Waals surface area contributed by atoms with Crippen LogP contribution in [0.1, 0.15) is 22.1 Å². The maximum Gasteiger partial charge on any atom is 0.185 e. The predicted molar refractivity (Wildman–Crippen MR) is 122 cm³/mol. The van der Waals surface area contributed by atoms with Gasteiger partial charge in [0.1, 0.15) is 12.3 Å². The summed E-state index contributed by atoms with van der Waals surface area (Å²) in [4.78, 5) is 26.0. The summed E-state index contributed by atoms with van der Waals surface area (Å²) in [5.41, 5.74) is 3.06. The second kappa shape index (κ2) is 9.12. The molecule has 1 fully saturated rings. The van der Waals surface area contributed by atoms with Gasteiger partial charge in [-0.3, -0.25) is 9.69 Å². The molecule has 1 aromatic heterocycles. The molecule has 3 heterocycles. The molecule has 2 aliphatic rings. The molecule has 0 unspecified atom stereocenters. The second-order valence-corrected chi connectivity index (χ2v) is 9.21. The van der Waals surface area contributed by atoms with Crippen molar-refractivity contribution in [3.05, 3.63) is 88.4 Å². The van der Waals surface area contributed by atoms with Crippen LogP contribution >= 0.6 is 11.3 Å². The average molecular weight is 432 g/mol. The lowest BCUT2D eigenvalue weighted by atomic mass is 9.84. The van der Waals surface area contributed by atoms with Crippen LogP contribution in [-0.4, -0.2) is 41.1 Å². The summed E-state index contributed by atoms with van der Waals surface area (Å²) < 4.78 is 0. The van der Waals surface area contributed by atoms with E-state index < -0.39 is 0 Å². The van der Waals surface area contributed by atoms with Crippen LogP contribution in [0.15, 0.2) is 77.4 Å². The van der Waals surface area contributed by atoms with E-state index in [1.807, 2.05) is 35.8 Å². The third kappa shape index (κ3) is 4.45. The van der Waals surface area contributed by atoms with Crippen molar-refractivity contribution in [1.82, 2.24) is 9.88 Å². The van der Waals surface area contributed by atoms with Gasteiger partial charge < -0.3 is 4.84 Å². The molecule has 5 rings (SSSR count). The van der Waals surface area contributed by atoms with Gasteiger partial charge in [-0.2, -0.15) is 0 Å². The van der Waals surface area contributed by atoms with Gasteiger partial charge in [-0.1, -0.05) is 65.8 Å². The fourth-order valence-corrected chi connectivity index (χ4v) is 5.43. The topological polar surface area (TPSA) is 54.8 Å². The summed E-state index contributed by atoms with van der Waals surface area (Å²) in [5.74, 6) is 0.0784. The van der Waals surface area contributed by atoms with E-state index in [1.165, 1.54) is 11.1 Å². The van der Waals surface area contributed by atoms with Gasteiger partial charge in [0.25, 0.3) is 0 Å². The molecule has 158 valence electrons. The van der Waals surface area contributed by atoms with E-state index in [2.05, 4.69) is 51.4 Å². The largest absolute Gasteiger partial charge is 0.395 e. The first-order valence-electron chi connectivity index (χ1n) is 10.7. The Morgan fingerprint density at radius 3 is 2.48 bits per heavy atom. The van der Waals surface area contributed by atoms with Gasteiger partial charge in [0, 0.05) is 49.0 Å². The van der Waals surface area contributed by atoms with Gasteiger partial charge in [-0.25, -0.2) is 4.98 Å². The minimum Gasteiger partial charge on any atom is -0.395 e. The smallest absolute Gasteiger partial charge is 0.185 e. The summed E-state index contributed by atoms with van der Waals surface area (Å²) in [6.07, 6.45) is 2.60. The van der Waals surface area contributed by atoms with E-state index in [0.29, 0.717) is 12.3 Å². The van der Waals surface area contributed by atoms with Crippen molar-refractivity contribution in [3.63, 3.8) is 0 Å². The number of aromatic nitrogens is 1. The summed E-state index contributed by atoms with van der Waals surface area (Å²) >= 11 is 1.63. The Bertz CT molecular complexity index is 1040. The Morgan fingerprint density at radius 2 is 1.77 bits per heavy atom. The zero-order valence-electron chi connectivity index (χ0n) is 17.3. The SMILES string of the molecule is O=C(C1=NOC[C@@H]1Cc1ccccc1)[C@@H]1CN(Cc2ccccc2)C[C@H]1c1nccs1. The first-order chi connectivity index (χ1) is 15.3. The summed E-state index contributed by atoms with van der Waals surface area (Å²) in [6, 6.07) is 20.7. The van der Waals surface area contributed by atoms with Crippen molar-refractivity contribution < 1.29 is 9.63 Å². The molecule has 0 amide bonds. The minimum atomic E-state index is -0.145. The van der Waals surface area contributed by atoms with E-state index in [1.54, 1.807) is 11.3 Å². The van der Waals surface area contributed by atoms with Crippen LogP contribution < -0.4 is 0 Å². The molecular weight excluding hydrogens is 406 g/mol. The number of hydrogen-bond donors (Lipinski definition) is 0. The van der Waals surface area contributed by atoms with Crippen molar-refractivity contribution in [1.29, 1.82) is 0 Å². The van der Waals surface area contributed by atoms with Crippen molar-refractivity contribution >= 4 is 22.8 Å². The number of benzene rings is 2. The molecule has 0 spiro atoms. The fraction of sp³-hybridized carbons (Fsp3) is 0.320. The number of likely N-dealkylation sites (tertiary alicyclic amines) is 1. The van der Waals surface area contributed by atoms with Crippen molar-refractivity contribution in [3.8, 4) is 0 Å². The van der Waals surface area contributed by atoms with E-state index >= 15 is 0 Å². The van der Waals surface area contributed by atoms with Crippen LogP contribution in [0.2, 0.25) is 0 Å². The number of carbonyl (C=O) groups is 1. The number of oxime groups is 1. The van der Waals surface area contributed by atoms with Crippen molar-refractivity contribution in [2.45, 2.75) is 18.9 Å². The summed E-state index contributed by atoms with van der Waals surface area (Å²) in [7, 11) is 0. The van der Waals surface area contributed by atoms with Crippen LogP contribution in [0.4, 0.5) is 0 Å². The maximum atomic E-state index is 13.7. The molecule has 0 saturated carbocycles. The molecule has 3 aromatic rings. The molecule has 0 bridgehead atoms. The van der Waals surface area contributed by atoms with Crippen LogP contribution in [0.25, 0.3) is 0 Å². The van der Waals surface area contributed by atoms with Crippen molar-refractivity contribution in [2.24, 2.45) is 17.0 Å². The highest BCUT2D eigenvalue weighted by molar-refractivity contribution is 7.09. The molecule has 2 aliphatic heterocycles. The molecule has 3 atom stereocenters. The average Bonchev–Trinajstić information content (AvgIpc) is 3.56. The third-order valence-corrected chi connectivity index (χ3v) is 7.06.